The SMILES string of the molecule is Nc1cc2c(cc1O)N=C1CC=CC=C1O2. The Morgan fingerprint density at radius 3 is 3.12 bits per heavy atom. The fourth-order valence-electron chi connectivity index (χ4n) is 1.73. The second-order valence-electron chi connectivity index (χ2n) is 3.70. The van der Waals surface area contributed by atoms with E-state index in [1.54, 1.807) is 6.07 Å². The maximum atomic E-state index is 9.49. The molecule has 1 heterocycles. The first-order valence-corrected chi connectivity index (χ1v) is 4.99. The number of aliphatic imine (C=N–C) groups is 1. The van der Waals surface area contributed by atoms with E-state index < -0.39 is 0 Å². The zero-order valence-electron chi connectivity index (χ0n) is 8.47. The summed E-state index contributed by atoms with van der Waals surface area (Å²) >= 11 is 0. The Bertz CT molecular complexity index is 556. The van der Waals surface area contributed by atoms with E-state index in [-0.39, 0.29) is 5.75 Å². The van der Waals surface area contributed by atoms with E-state index in [4.69, 9.17) is 10.5 Å². The molecule has 0 fully saturated rings. The fourth-order valence-corrected chi connectivity index (χ4v) is 1.73. The molecule has 3 N–H and O–H groups in total. The van der Waals surface area contributed by atoms with Crippen molar-refractivity contribution in [3.05, 3.63) is 36.1 Å². The number of allylic oxidation sites excluding steroid dienone is 4. The summed E-state index contributed by atoms with van der Waals surface area (Å²) in [5, 5.41) is 9.49. The number of benzene rings is 1. The number of fused-ring (bicyclic) bond motifs is 2. The van der Waals surface area contributed by atoms with Crippen molar-refractivity contribution in [3.8, 4) is 11.5 Å². The number of phenols is 1. The molecule has 1 aliphatic carbocycles. The molecule has 0 atom stereocenters. The molecule has 0 saturated carbocycles. The van der Waals surface area contributed by atoms with Crippen molar-refractivity contribution < 1.29 is 9.84 Å². The van der Waals surface area contributed by atoms with Gasteiger partial charge in [-0.15, -0.1) is 0 Å². The number of aromatic hydroxyl groups is 1. The van der Waals surface area contributed by atoms with Crippen molar-refractivity contribution in [1.29, 1.82) is 0 Å². The molecule has 16 heavy (non-hydrogen) atoms. The molecule has 0 spiro atoms. The van der Waals surface area contributed by atoms with Gasteiger partial charge in [0.05, 0.1) is 11.4 Å². The first kappa shape index (κ1) is 9.03. The quantitative estimate of drug-likeness (QED) is 0.514. The zero-order valence-corrected chi connectivity index (χ0v) is 8.47. The van der Waals surface area contributed by atoms with E-state index in [1.165, 1.54) is 6.07 Å². The van der Waals surface area contributed by atoms with Crippen molar-refractivity contribution >= 4 is 17.1 Å². The van der Waals surface area contributed by atoms with E-state index in [9.17, 15) is 5.11 Å². The minimum Gasteiger partial charge on any atom is -0.506 e. The number of ether oxygens (including phenoxy) is 1. The molecule has 0 aromatic heterocycles. The largest absolute Gasteiger partial charge is 0.506 e. The van der Waals surface area contributed by atoms with Crippen LogP contribution in [-0.2, 0) is 0 Å². The van der Waals surface area contributed by atoms with Gasteiger partial charge in [0.15, 0.2) is 5.75 Å². The Morgan fingerprint density at radius 1 is 1.38 bits per heavy atom. The molecule has 3 rings (SSSR count). The van der Waals surface area contributed by atoms with Gasteiger partial charge in [-0.05, 0) is 6.08 Å². The number of phenolic OH excluding ortho intramolecular Hbond substituents is 1. The smallest absolute Gasteiger partial charge is 0.155 e. The predicted octanol–water partition coefficient (Wildman–Crippen LogP) is 2.28. The number of nitrogens with zero attached hydrogens (tertiary/aromatic N) is 1. The third kappa shape index (κ3) is 1.27. The number of nitrogen functional groups attached to an aromatic ring is 1. The lowest BCUT2D eigenvalue weighted by atomic mass is 10.1. The van der Waals surface area contributed by atoms with Crippen LogP contribution in [0.1, 0.15) is 6.42 Å². The Balaban J connectivity index is 2.15. The summed E-state index contributed by atoms with van der Waals surface area (Å²) < 4.78 is 5.66. The van der Waals surface area contributed by atoms with Crippen LogP contribution < -0.4 is 10.5 Å². The second kappa shape index (κ2) is 3.13. The first-order valence-electron chi connectivity index (χ1n) is 4.99. The lowest BCUT2D eigenvalue weighted by molar-refractivity contribution is 0.443. The maximum absolute atomic E-state index is 9.49. The molecule has 0 bridgehead atoms. The molecular weight excluding hydrogens is 204 g/mol. The molecule has 4 nitrogen and oxygen atoms in total. The van der Waals surface area contributed by atoms with Gasteiger partial charge in [-0.3, -0.25) is 0 Å². The van der Waals surface area contributed by atoms with Gasteiger partial charge in [-0.2, -0.15) is 0 Å². The highest BCUT2D eigenvalue weighted by atomic mass is 16.5. The fraction of sp³-hybridized carbons (Fsp3) is 0.0833. The molecule has 1 aromatic rings. The average Bonchev–Trinajstić information content (AvgIpc) is 2.28. The Hall–Kier alpha value is -2.23. The van der Waals surface area contributed by atoms with Crippen LogP contribution in [0.3, 0.4) is 0 Å². The van der Waals surface area contributed by atoms with E-state index in [0.29, 0.717) is 17.1 Å². The monoisotopic (exact) mass is 214 g/mol. The molecule has 0 unspecified atom stereocenters. The lowest BCUT2D eigenvalue weighted by Crippen LogP contribution is -2.14. The van der Waals surface area contributed by atoms with Crippen LogP contribution in [0.4, 0.5) is 11.4 Å². The highest BCUT2D eigenvalue weighted by Gasteiger charge is 2.20. The molecule has 4 heteroatoms. The third-order valence-corrected chi connectivity index (χ3v) is 2.56. The molecule has 80 valence electrons. The Morgan fingerprint density at radius 2 is 2.25 bits per heavy atom. The standard InChI is InChI=1S/C12H10N2O2/c13-7-5-12-9(6-10(7)15)14-8-3-1-2-4-11(8)16-12/h1-2,4-6,15H,3,13H2. The van der Waals surface area contributed by atoms with Gasteiger partial charge in [0.25, 0.3) is 0 Å². The number of hydrogen-bond donors (Lipinski definition) is 2. The number of anilines is 1. The minimum atomic E-state index is 0.0329. The van der Waals surface area contributed by atoms with E-state index in [2.05, 4.69) is 4.99 Å². The highest BCUT2D eigenvalue weighted by Crippen LogP contribution is 2.40. The molecule has 0 amide bonds. The van der Waals surface area contributed by atoms with Gasteiger partial charge < -0.3 is 15.6 Å². The number of nitrogens with two attached hydrogens (primary N) is 1. The van der Waals surface area contributed by atoms with Gasteiger partial charge >= 0.3 is 0 Å². The first-order chi connectivity index (χ1) is 7.74. The Kier molecular flexibility index (Phi) is 1.77. The van der Waals surface area contributed by atoms with Crippen LogP contribution in [0.2, 0.25) is 0 Å². The van der Waals surface area contributed by atoms with Crippen molar-refractivity contribution in [2.24, 2.45) is 4.99 Å². The summed E-state index contributed by atoms with van der Waals surface area (Å²) in [5.74, 6) is 1.37. The van der Waals surface area contributed by atoms with Crippen molar-refractivity contribution in [1.82, 2.24) is 0 Å². The van der Waals surface area contributed by atoms with Gasteiger partial charge in [-0.1, -0.05) is 12.2 Å². The van der Waals surface area contributed by atoms with Crippen LogP contribution in [0.15, 0.2) is 41.1 Å². The molecule has 2 aliphatic rings. The van der Waals surface area contributed by atoms with Gasteiger partial charge in [0, 0.05) is 18.6 Å². The predicted molar refractivity (Wildman–Crippen MR) is 62.1 cm³/mol. The lowest BCUT2D eigenvalue weighted by Gasteiger charge is -2.20. The van der Waals surface area contributed by atoms with Crippen LogP contribution in [-0.4, -0.2) is 10.8 Å². The van der Waals surface area contributed by atoms with Crippen LogP contribution in [0, 0.1) is 0 Å². The van der Waals surface area contributed by atoms with Crippen LogP contribution >= 0.6 is 0 Å². The van der Waals surface area contributed by atoms with Gasteiger partial charge in [0.1, 0.15) is 17.2 Å². The average molecular weight is 214 g/mol. The topological polar surface area (TPSA) is 67.8 Å². The summed E-state index contributed by atoms with van der Waals surface area (Å²) in [4.78, 5) is 4.43. The van der Waals surface area contributed by atoms with E-state index >= 15 is 0 Å². The van der Waals surface area contributed by atoms with Gasteiger partial charge in [-0.25, -0.2) is 4.99 Å². The number of hydrogen-bond acceptors (Lipinski definition) is 4. The van der Waals surface area contributed by atoms with E-state index in [0.717, 1.165) is 17.9 Å². The molecule has 1 aromatic carbocycles. The second-order valence-corrected chi connectivity index (χ2v) is 3.70. The minimum absolute atomic E-state index is 0.0329. The summed E-state index contributed by atoms with van der Waals surface area (Å²) in [7, 11) is 0. The molecular formula is C12H10N2O2. The Labute approximate surface area is 92.4 Å². The van der Waals surface area contributed by atoms with Crippen molar-refractivity contribution in [3.63, 3.8) is 0 Å². The third-order valence-electron chi connectivity index (χ3n) is 2.56. The number of rotatable bonds is 0. The summed E-state index contributed by atoms with van der Waals surface area (Å²) in [6.07, 6.45) is 6.56. The van der Waals surface area contributed by atoms with Crippen molar-refractivity contribution in [2.75, 3.05) is 5.73 Å². The highest BCUT2D eigenvalue weighted by molar-refractivity contribution is 6.04. The molecule has 0 radical (unpaired) electrons. The normalized spacial score (nSPS) is 16.8. The molecule has 0 saturated heterocycles. The summed E-state index contributed by atoms with van der Waals surface area (Å²) in [6, 6.07) is 3.11. The van der Waals surface area contributed by atoms with Crippen LogP contribution in [0.25, 0.3) is 0 Å². The molecule has 1 aliphatic heterocycles. The van der Waals surface area contributed by atoms with Gasteiger partial charge in [0.2, 0.25) is 0 Å². The van der Waals surface area contributed by atoms with Crippen molar-refractivity contribution in [2.45, 2.75) is 6.42 Å². The summed E-state index contributed by atoms with van der Waals surface area (Å²) in [5.41, 5.74) is 7.39. The van der Waals surface area contributed by atoms with Crippen LogP contribution in [0.5, 0.6) is 11.5 Å². The zero-order chi connectivity index (χ0) is 11.1. The maximum Gasteiger partial charge on any atom is 0.155 e. The summed E-state index contributed by atoms with van der Waals surface area (Å²) in [6.45, 7) is 0. The van der Waals surface area contributed by atoms with E-state index in [1.807, 2.05) is 18.2 Å².